The summed E-state index contributed by atoms with van der Waals surface area (Å²) in [6.07, 6.45) is 5.74. The van der Waals surface area contributed by atoms with Crippen LogP contribution in [0.4, 0.5) is 0 Å². The van der Waals surface area contributed by atoms with Crippen molar-refractivity contribution in [3.63, 3.8) is 0 Å². The number of hydrazine groups is 1. The topological polar surface area (TPSA) is 135 Å². The molecular weight excluding hydrogens is 689 g/mol. The quantitative estimate of drug-likeness (QED) is 0.233. The van der Waals surface area contributed by atoms with Crippen molar-refractivity contribution in [2.24, 2.45) is 5.92 Å². The molecule has 5 atom stereocenters. The van der Waals surface area contributed by atoms with Gasteiger partial charge in [-0.2, -0.15) is 0 Å². The maximum absolute atomic E-state index is 14.4. The molecule has 3 amide bonds. The first-order chi connectivity index (χ1) is 25.0. The van der Waals surface area contributed by atoms with Crippen molar-refractivity contribution in [1.82, 2.24) is 21.1 Å². The molecule has 2 aromatic carbocycles. The van der Waals surface area contributed by atoms with Gasteiger partial charge in [0, 0.05) is 20.1 Å². The number of nitrogens with zero attached hydrogens (tertiary/aromatic N) is 1. The maximum Gasteiger partial charge on any atom is 0.325 e. The van der Waals surface area contributed by atoms with Crippen LogP contribution in [0.15, 0.2) is 54.6 Å². The van der Waals surface area contributed by atoms with Crippen molar-refractivity contribution in [3.8, 4) is 5.75 Å². The maximum atomic E-state index is 14.4. The summed E-state index contributed by atoms with van der Waals surface area (Å²) >= 11 is 0. The Morgan fingerprint density at radius 1 is 1.00 bits per heavy atom. The Balaban J connectivity index is 1.66. The fraction of sp³-hybridized carbons (Fsp3) is 0.561. The molecule has 53 heavy (non-hydrogen) atoms. The first-order valence-corrected chi connectivity index (χ1v) is 21.8. The van der Waals surface area contributed by atoms with Gasteiger partial charge in [-0.25, -0.2) is 5.43 Å². The molecule has 2 aromatic rings. The first-order valence-electron chi connectivity index (χ1n) is 18.9. The Morgan fingerprint density at radius 3 is 2.43 bits per heavy atom. The zero-order chi connectivity index (χ0) is 38.9. The van der Waals surface area contributed by atoms with E-state index in [-0.39, 0.29) is 35.8 Å². The number of nitrogens with one attached hydrogen (secondary N) is 3. The monoisotopic (exact) mass is 748 g/mol. The molecule has 290 valence electrons. The highest BCUT2D eigenvalue weighted by atomic mass is 28.4. The molecule has 0 unspecified atom stereocenters. The summed E-state index contributed by atoms with van der Waals surface area (Å²) in [5.41, 5.74) is 5.71. The van der Waals surface area contributed by atoms with Crippen molar-refractivity contribution >= 4 is 38.1 Å². The molecule has 2 aliphatic heterocycles. The molecule has 0 saturated carbocycles. The highest BCUT2D eigenvalue weighted by Gasteiger charge is 2.39. The van der Waals surface area contributed by atoms with Crippen LogP contribution in [0.25, 0.3) is 6.08 Å². The van der Waals surface area contributed by atoms with E-state index >= 15 is 0 Å². The standard InChI is InChI=1S/C41H60N4O7Si/c1-27(2)37-38(47)42-35(25-30-17-13-20-33(24-30)52-53(8,9)41(4,5)6)39(48)45-22-14-21-34(44-45)40(49)51-28(3)31-18-12-16-29(23-31)15-10-11-19-32(50-7)26-36(46)43-37/h10,12-13,15-18,20,23-24,27-28,32,34-35,37,44H,11,14,19,21-22,25-26H2,1-9H3,(H,42,47)(H,43,46)/b15-10+/t28-,32-,34+,35+,37+/m1/s1. The van der Waals surface area contributed by atoms with Crippen molar-refractivity contribution in [1.29, 1.82) is 0 Å². The third-order valence-electron chi connectivity index (χ3n) is 10.5. The highest BCUT2D eigenvalue weighted by Crippen LogP contribution is 2.37. The van der Waals surface area contributed by atoms with Crippen LogP contribution in [-0.4, -0.2) is 74.9 Å². The lowest BCUT2D eigenvalue weighted by atomic mass is 10.00. The minimum Gasteiger partial charge on any atom is -0.543 e. The lowest BCUT2D eigenvalue weighted by molar-refractivity contribution is -0.157. The van der Waals surface area contributed by atoms with Crippen LogP contribution in [-0.2, 0) is 35.1 Å². The van der Waals surface area contributed by atoms with Gasteiger partial charge < -0.3 is 24.5 Å². The molecular formula is C41H60N4O7Si. The third-order valence-corrected chi connectivity index (χ3v) is 14.9. The predicted molar refractivity (Wildman–Crippen MR) is 209 cm³/mol. The molecule has 0 radical (unpaired) electrons. The minimum atomic E-state index is -2.15. The average Bonchev–Trinajstić information content (AvgIpc) is 3.10. The largest absolute Gasteiger partial charge is 0.543 e. The van der Waals surface area contributed by atoms with Gasteiger partial charge in [0.2, 0.25) is 20.1 Å². The van der Waals surface area contributed by atoms with Crippen LogP contribution in [0.1, 0.15) is 96.4 Å². The van der Waals surface area contributed by atoms with Crippen molar-refractivity contribution in [3.05, 3.63) is 71.3 Å². The van der Waals surface area contributed by atoms with Gasteiger partial charge in [-0.05, 0) is 91.5 Å². The number of ether oxygens (including phenoxy) is 2. The lowest BCUT2D eigenvalue weighted by Crippen LogP contribution is -2.62. The van der Waals surface area contributed by atoms with Crippen molar-refractivity contribution in [2.75, 3.05) is 13.7 Å². The Kier molecular flexibility index (Phi) is 14.5. The van der Waals surface area contributed by atoms with E-state index in [0.717, 1.165) is 16.7 Å². The molecule has 12 heteroatoms. The second-order valence-electron chi connectivity index (χ2n) is 16.2. The summed E-state index contributed by atoms with van der Waals surface area (Å²) in [7, 11) is -0.574. The normalized spacial score (nSPS) is 25.0. The molecule has 2 heterocycles. The number of allylic oxidation sites excluding steroid dienone is 1. The molecule has 4 bridgehead atoms. The van der Waals surface area contributed by atoms with Crippen LogP contribution in [0, 0.1) is 5.92 Å². The summed E-state index contributed by atoms with van der Waals surface area (Å²) in [5, 5.41) is 7.29. The van der Waals surface area contributed by atoms with E-state index < -0.39 is 50.3 Å². The molecule has 11 nitrogen and oxygen atoms in total. The second kappa shape index (κ2) is 18.4. The molecule has 0 aromatic heterocycles. The number of carbonyl (C=O) groups is 4. The Hall–Kier alpha value is -4.00. The van der Waals surface area contributed by atoms with Gasteiger partial charge in [0.25, 0.3) is 5.91 Å². The van der Waals surface area contributed by atoms with Gasteiger partial charge in [0.15, 0.2) is 0 Å². The summed E-state index contributed by atoms with van der Waals surface area (Å²) < 4.78 is 18.1. The summed E-state index contributed by atoms with van der Waals surface area (Å²) in [4.78, 5) is 55.2. The summed E-state index contributed by atoms with van der Waals surface area (Å²) in [5.74, 6) is -1.19. The molecule has 0 spiro atoms. The van der Waals surface area contributed by atoms with E-state index in [0.29, 0.717) is 38.0 Å². The minimum absolute atomic E-state index is 0.0129. The van der Waals surface area contributed by atoms with Gasteiger partial charge >= 0.3 is 5.97 Å². The Morgan fingerprint density at radius 2 is 1.74 bits per heavy atom. The molecule has 4 rings (SSSR count). The fourth-order valence-corrected chi connectivity index (χ4v) is 7.23. The van der Waals surface area contributed by atoms with Gasteiger partial charge in [0.05, 0.1) is 12.5 Å². The van der Waals surface area contributed by atoms with E-state index in [2.05, 4.69) is 49.9 Å². The Bertz CT molecular complexity index is 1620. The fourth-order valence-electron chi connectivity index (χ4n) is 6.20. The molecule has 3 N–H and O–H groups in total. The number of hydrogen-bond acceptors (Lipinski definition) is 8. The average molecular weight is 749 g/mol. The third kappa shape index (κ3) is 11.7. The number of carbonyl (C=O) groups excluding carboxylic acids is 4. The SMILES string of the molecule is CO[C@@H]1CC/C=C/c2cccc(c2)[C@@H](C)OC(=O)[C@@H]2CCCN(N2)C(=O)[C@H](Cc2cccc(O[Si](C)(C)C(C)(C)C)c2)NC(=O)[C@H](C(C)C)NC(=O)C1. The number of fused-ring (bicyclic) bond motifs is 4. The summed E-state index contributed by atoms with van der Waals surface area (Å²) in [6, 6.07) is 12.8. The zero-order valence-electron chi connectivity index (χ0n) is 33.0. The molecule has 2 aliphatic rings. The van der Waals surface area contributed by atoms with E-state index in [1.807, 2.05) is 81.5 Å². The van der Waals surface area contributed by atoms with Crippen molar-refractivity contribution < 1.29 is 33.1 Å². The molecule has 1 saturated heterocycles. The number of methoxy groups -OCH3 is 1. The Labute approximate surface area is 316 Å². The van der Waals surface area contributed by atoms with Crippen LogP contribution < -0.4 is 20.5 Å². The van der Waals surface area contributed by atoms with Crippen LogP contribution >= 0.6 is 0 Å². The number of hydrogen-bond donors (Lipinski definition) is 3. The second-order valence-corrected chi connectivity index (χ2v) is 20.9. The lowest BCUT2D eigenvalue weighted by Gasteiger charge is -2.37. The van der Waals surface area contributed by atoms with E-state index in [1.165, 1.54) is 5.01 Å². The van der Waals surface area contributed by atoms with Crippen LogP contribution in [0.3, 0.4) is 0 Å². The van der Waals surface area contributed by atoms with E-state index in [9.17, 15) is 19.2 Å². The number of cyclic esters (lactones) is 1. The number of benzene rings is 2. The number of amides is 3. The molecule has 1 fully saturated rings. The smallest absolute Gasteiger partial charge is 0.325 e. The van der Waals surface area contributed by atoms with Crippen LogP contribution in [0.5, 0.6) is 5.75 Å². The van der Waals surface area contributed by atoms with Crippen molar-refractivity contribution in [2.45, 2.75) is 129 Å². The van der Waals surface area contributed by atoms with Gasteiger partial charge in [-0.15, -0.1) is 0 Å². The number of esters is 1. The number of rotatable bonds is 6. The van der Waals surface area contributed by atoms with Gasteiger partial charge in [-0.3, -0.25) is 24.2 Å². The molecule has 0 aliphatic carbocycles. The highest BCUT2D eigenvalue weighted by molar-refractivity contribution is 6.74. The van der Waals surface area contributed by atoms with Crippen LogP contribution in [0.2, 0.25) is 18.1 Å². The first kappa shape index (κ1) is 41.7. The van der Waals surface area contributed by atoms with Gasteiger partial charge in [-0.1, -0.05) is 77.1 Å². The zero-order valence-corrected chi connectivity index (χ0v) is 34.0. The van der Waals surface area contributed by atoms with E-state index in [1.54, 1.807) is 7.11 Å². The van der Waals surface area contributed by atoms with Gasteiger partial charge in [0.1, 0.15) is 30.0 Å². The summed E-state index contributed by atoms with van der Waals surface area (Å²) in [6.45, 7) is 16.8. The predicted octanol–water partition coefficient (Wildman–Crippen LogP) is 6.25. The van der Waals surface area contributed by atoms with E-state index in [4.69, 9.17) is 13.9 Å².